The molecule has 124 valence electrons. The third kappa shape index (κ3) is 3.05. The van der Waals surface area contributed by atoms with Gasteiger partial charge < -0.3 is 4.74 Å². The number of nitrogens with zero attached hydrogens (tertiary/aromatic N) is 1. The molecule has 2 aliphatic heterocycles. The molecule has 1 aromatic carbocycles. The molecule has 1 unspecified atom stereocenters. The van der Waals surface area contributed by atoms with Gasteiger partial charge in [-0.25, -0.2) is 10.2 Å². The average molecular weight is 322 g/mol. The fourth-order valence-electron chi connectivity index (χ4n) is 2.86. The number of hydrogen-bond donors (Lipinski definition) is 1. The third-order valence-electron chi connectivity index (χ3n) is 4.41. The highest BCUT2D eigenvalue weighted by molar-refractivity contribution is 5.90. The highest BCUT2D eigenvalue weighted by Gasteiger charge is 2.36. The van der Waals surface area contributed by atoms with Gasteiger partial charge >= 0.3 is 5.97 Å². The summed E-state index contributed by atoms with van der Waals surface area (Å²) in [6.45, 7) is 4.37. The fraction of sp³-hybridized carbons (Fsp3) is 0.250. The molecular formula is C20H22N2O2. The molecule has 1 N–H and O–H groups in total. The van der Waals surface area contributed by atoms with E-state index in [-0.39, 0.29) is 11.5 Å². The average Bonchev–Trinajstić information content (AvgIpc) is 2.99. The minimum absolute atomic E-state index is 0.268. The molecule has 2 heterocycles. The Hall–Kier alpha value is -2.59. The lowest BCUT2D eigenvalue weighted by Crippen LogP contribution is -2.47. The van der Waals surface area contributed by atoms with Crippen LogP contribution in [0.25, 0.3) is 6.08 Å². The van der Waals surface area contributed by atoms with E-state index >= 15 is 0 Å². The molecular weight excluding hydrogens is 300 g/mol. The van der Waals surface area contributed by atoms with Crippen LogP contribution in [0.4, 0.5) is 0 Å². The van der Waals surface area contributed by atoms with E-state index in [9.17, 15) is 4.79 Å². The number of rotatable bonds is 4. The zero-order chi connectivity index (χ0) is 17.2. The topological polar surface area (TPSA) is 41.6 Å². The highest BCUT2D eigenvalue weighted by atomic mass is 16.5. The van der Waals surface area contributed by atoms with Crippen LogP contribution in [0.5, 0.6) is 0 Å². The molecule has 0 aliphatic carbocycles. The van der Waals surface area contributed by atoms with E-state index in [2.05, 4.69) is 37.5 Å². The van der Waals surface area contributed by atoms with Crippen molar-refractivity contribution < 1.29 is 9.53 Å². The van der Waals surface area contributed by atoms with Crippen molar-refractivity contribution in [2.45, 2.75) is 19.4 Å². The smallest absolute Gasteiger partial charge is 0.337 e. The molecule has 1 atom stereocenters. The Kier molecular flexibility index (Phi) is 4.40. The molecule has 3 rings (SSSR count). The number of ether oxygens (including phenoxy) is 1. The molecule has 0 saturated carbocycles. The first-order chi connectivity index (χ1) is 11.5. The maximum absolute atomic E-state index is 11.7. The van der Waals surface area contributed by atoms with E-state index in [1.807, 2.05) is 47.6 Å². The number of hydrogen-bond acceptors (Lipinski definition) is 4. The van der Waals surface area contributed by atoms with Gasteiger partial charge in [-0.2, -0.15) is 0 Å². The van der Waals surface area contributed by atoms with Crippen LogP contribution in [0.15, 0.2) is 66.5 Å². The van der Waals surface area contributed by atoms with Gasteiger partial charge in [-0.05, 0) is 41.8 Å². The number of allylic oxidation sites excluding steroid dienone is 3. The summed E-state index contributed by atoms with van der Waals surface area (Å²) in [6, 6.07) is 7.44. The van der Waals surface area contributed by atoms with E-state index in [0.717, 1.165) is 11.3 Å². The van der Waals surface area contributed by atoms with Crippen molar-refractivity contribution in [2.75, 3.05) is 7.11 Å². The number of nitrogens with one attached hydrogen (secondary N) is 1. The van der Waals surface area contributed by atoms with Crippen LogP contribution in [0.2, 0.25) is 0 Å². The molecule has 0 aromatic heterocycles. The van der Waals surface area contributed by atoms with Gasteiger partial charge in [0.1, 0.15) is 0 Å². The molecule has 0 spiro atoms. The lowest BCUT2D eigenvalue weighted by molar-refractivity contribution is 0.0600. The summed E-state index contributed by atoms with van der Waals surface area (Å²) < 4.78 is 4.78. The fourth-order valence-corrected chi connectivity index (χ4v) is 2.86. The number of esters is 1. The van der Waals surface area contributed by atoms with Gasteiger partial charge in [0, 0.05) is 6.20 Å². The number of hydrazine groups is 1. The van der Waals surface area contributed by atoms with Gasteiger partial charge in [0.25, 0.3) is 0 Å². The van der Waals surface area contributed by atoms with Crippen molar-refractivity contribution in [1.82, 2.24) is 10.4 Å². The maximum Gasteiger partial charge on any atom is 0.337 e. The summed E-state index contributed by atoms with van der Waals surface area (Å²) in [6.07, 6.45) is 14.6. The first-order valence-corrected chi connectivity index (χ1v) is 8.06. The summed E-state index contributed by atoms with van der Waals surface area (Å²) in [5.41, 5.74) is 5.94. The number of fused-ring (bicyclic) bond motifs is 1. The zero-order valence-electron chi connectivity index (χ0n) is 14.2. The third-order valence-corrected chi connectivity index (χ3v) is 4.41. The SMILES string of the molecule is COC(=O)c1cccc(/C=C/C2(C(C)C)C=C3C=CC=CN3N2)c1. The largest absolute Gasteiger partial charge is 0.465 e. The van der Waals surface area contributed by atoms with Crippen molar-refractivity contribution in [3.8, 4) is 0 Å². The molecule has 2 aliphatic rings. The highest BCUT2D eigenvalue weighted by Crippen LogP contribution is 2.32. The normalized spacial score (nSPS) is 22.2. The van der Waals surface area contributed by atoms with Crippen LogP contribution in [0.1, 0.15) is 29.8 Å². The second kappa shape index (κ2) is 6.49. The molecule has 0 saturated heterocycles. The quantitative estimate of drug-likeness (QED) is 0.859. The second-order valence-corrected chi connectivity index (χ2v) is 6.29. The van der Waals surface area contributed by atoms with Crippen molar-refractivity contribution in [3.63, 3.8) is 0 Å². The summed E-state index contributed by atoms with van der Waals surface area (Å²) in [5, 5.41) is 2.04. The van der Waals surface area contributed by atoms with Crippen molar-refractivity contribution in [3.05, 3.63) is 77.7 Å². The Morgan fingerprint density at radius 1 is 1.33 bits per heavy atom. The summed E-state index contributed by atoms with van der Waals surface area (Å²) in [7, 11) is 1.39. The van der Waals surface area contributed by atoms with Crippen LogP contribution in [0.3, 0.4) is 0 Å². The van der Waals surface area contributed by atoms with Gasteiger partial charge in [-0.1, -0.05) is 44.2 Å². The first kappa shape index (κ1) is 16.3. The zero-order valence-corrected chi connectivity index (χ0v) is 14.2. The Balaban J connectivity index is 1.89. The summed E-state index contributed by atoms with van der Waals surface area (Å²) >= 11 is 0. The predicted molar refractivity (Wildman–Crippen MR) is 95.7 cm³/mol. The van der Waals surface area contributed by atoms with Crippen molar-refractivity contribution >= 4 is 12.0 Å². The Morgan fingerprint density at radius 3 is 2.88 bits per heavy atom. The maximum atomic E-state index is 11.7. The molecule has 4 nitrogen and oxygen atoms in total. The van der Waals surface area contributed by atoms with Crippen LogP contribution >= 0.6 is 0 Å². The van der Waals surface area contributed by atoms with Gasteiger partial charge in [0.2, 0.25) is 0 Å². The molecule has 0 bridgehead atoms. The van der Waals surface area contributed by atoms with Gasteiger partial charge in [-0.3, -0.25) is 5.01 Å². The molecule has 4 heteroatoms. The van der Waals surface area contributed by atoms with Crippen molar-refractivity contribution in [1.29, 1.82) is 0 Å². The van der Waals surface area contributed by atoms with Gasteiger partial charge in [-0.15, -0.1) is 0 Å². The van der Waals surface area contributed by atoms with Crippen LogP contribution in [0, 0.1) is 5.92 Å². The summed E-state index contributed by atoms with van der Waals surface area (Å²) in [4.78, 5) is 11.7. The predicted octanol–water partition coefficient (Wildman–Crippen LogP) is 3.67. The van der Waals surface area contributed by atoms with Crippen molar-refractivity contribution in [2.24, 2.45) is 5.92 Å². The first-order valence-electron chi connectivity index (χ1n) is 8.06. The Morgan fingerprint density at radius 2 is 2.17 bits per heavy atom. The molecule has 0 amide bonds. The van der Waals surface area contributed by atoms with Crippen LogP contribution in [-0.4, -0.2) is 23.6 Å². The number of carbonyl (C=O) groups is 1. The number of methoxy groups -OCH3 is 1. The minimum Gasteiger partial charge on any atom is -0.465 e. The van der Waals surface area contributed by atoms with E-state index in [0.29, 0.717) is 11.5 Å². The second-order valence-electron chi connectivity index (χ2n) is 6.29. The Labute approximate surface area is 142 Å². The molecule has 0 fully saturated rings. The molecule has 1 aromatic rings. The monoisotopic (exact) mass is 322 g/mol. The molecule has 0 radical (unpaired) electrons. The van der Waals surface area contributed by atoms with E-state index in [4.69, 9.17) is 4.74 Å². The standard InChI is InChI=1S/C20H22N2O2/c1-15(2)20(14-18-9-4-5-12-22(18)21-20)11-10-16-7-6-8-17(13-16)19(23)24-3/h4-15,21H,1-3H3/b11-10+. The summed E-state index contributed by atoms with van der Waals surface area (Å²) in [5.74, 6) is 0.0368. The van der Waals surface area contributed by atoms with E-state index in [1.165, 1.54) is 7.11 Å². The van der Waals surface area contributed by atoms with Gasteiger partial charge in [0.05, 0.1) is 23.9 Å². The van der Waals surface area contributed by atoms with Crippen LogP contribution < -0.4 is 5.43 Å². The van der Waals surface area contributed by atoms with Gasteiger partial charge in [0.15, 0.2) is 0 Å². The lowest BCUT2D eigenvalue weighted by atomic mass is 9.86. The minimum atomic E-state index is -0.322. The lowest BCUT2D eigenvalue weighted by Gasteiger charge is -2.31. The van der Waals surface area contributed by atoms with Crippen LogP contribution in [-0.2, 0) is 4.74 Å². The van der Waals surface area contributed by atoms with E-state index in [1.54, 1.807) is 6.07 Å². The number of carbonyl (C=O) groups excluding carboxylic acids is 1. The molecule has 24 heavy (non-hydrogen) atoms. The number of benzene rings is 1. The Bertz CT molecular complexity index is 759. The van der Waals surface area contributed by atoms with E-state index < -0.39 is 0 Å².